The van der Waals surface area contributed by atoms with Gasteiger partial charge in [-0.2, -0.15) is 0 Å². The average molecular weight is 280 g/mol. The molecule has 1 aromatic rings. The molecule has 1 fully saturated rings. The predicted octanol–water partition coefficient (Wildman–Crippen LogP) is 1.42. The summed E-state index contributed by atoms with van der Waals surface area (Å²) < 4.78 is 11.2. The minimum absolute atomic E-state index is 0.374. The molecule has 2 N–H and O–H groups in total. The third-order valence-electron chi connectivity index (χ3n) is 3.13. The summed E-state index contributed by atoms with van der Waals surface area (Å²) in [5.74, 6) is 0.765. The number of nitrogens with zero attached hydrogens (tertiary/aromatic N) is 1. The molecule has 5 heteroatoms. The number of para-hydroxylation sites is 1. The first-order valence-corrected chi connectivity index (χ1v) is 7.00. The van der Waals surface area contributed by atoms with Crippen LogP contribution in [0.3, 0.4) is 0 Å². The van der Waals surface area contributed by atoms with Crippen molar-refractivity contribution in [2.24, 2.45) is 5.73 Å². The molecule has 4 nitrogen and oxygen atoms in total. The summed E-state index contributed by atoms with van der Waals surface area (Å²) in [7, 11) is 0. The van der Waals surface area contributed by atoms with E-state index in [4.69, 9.17) is 27.4 Å². The third-order valence-corrected chi connectivity index (χ3v) is 3.35. The molecule has 1 aliphatic heterocycles. The Labute approximate surface area is 119 Å². The normalized spacial score (nSPS) is 16.8. The van der Waals surface area contributed by atoms with Crippen LogP contribution in [0.2, 0.25) is 0 Å². The smallest absolute Gasteiger partial charge is 0.129 e. The van der Waals surface area contributed by atoms with Gasteiger partial charge in [-0.15, -0.1) is 0 Å². The van der Waals surface area contributed by atoms with Crippen LogP contribution in [0.5, 0.6) is 5.75 Å². The Morgan fingerprint density at radius 2 is 2.16 bits per heavy atom. The first-order valence-electron chi connectivity index (χ1n) is 6.59. The molecular formula is C14H20N2O2S. The van der Waals surface area contributed by atoms with Crippen molar-refractivity contribution in [2.75, 3.05) is 39.5 Å². The van der Waals surface area contributed by atoms with Crippen molar-refractivity contribution in [3.63, 3.8) is 0 Å². The number of benzene rings is 1. The number of hydrogen-bond donors (Lipinski definition) is 1. The van der Waals surface area contributed by atoms with Crippen molar-refractivity contribution in [1.29, 1.82) is 0 Å². The molecule has 1 aromatic carbocycles. The fourth-order valence-electron chi connectivity index (χ4n) is 2.10. The molecule has 104 valence electrons. The minimum Gasteiger partial charge on any atom is -0.492 e. The van der Waals surface area contributed by atoms with Gasteiger partial charge in [0.2, 0.25) is 0 Å². The van der Waals surface area contributed by atoms with Gasteiger partial charge in [-0.25, -0.2) is 0 Å². The van der Waals surface area contributed by atoms with Crippen molar-refractivity contribution < 1.29 is 9.47 Å². The maximum atomic E-state index is 5.79. The van der Waals surface area contributed by atoms with Crippen molar-refractivity contribution >= 4 is 17.2 Å². The van der Waals surface area contributed by atoms with Gasteiger partial charge in [0.05, 0.1) is 12.2 Å². The van der Waals surface area contributed by atoms with Gasteiger partial charge >= 0.3 is 0 Å². The second-order valence-corrected chi connectivity index (χ2v) is 4.96. The molecule has 0 atom stereocenters. The largest absolute Gasteiger partial charge is 0.492 e. The highest BCUT2D eigenvalue weighted by atomic mass is 32.1. The molecule has 0 unspecified atom stereocenters. The van der Waals surface area contributed by atoms with E-state index in [1.54, 1.807) is 0 Å². The molecule has 19 heavy (non-hydrogen) atoms. The van der Waals surface area contributed by atoms with Gasteiger partial charge in [0.15, 0.2) is 0 Å². The van der Waals surface area contributed by atoms with Gasteiger partial charge in [-0.05, 0) is 18.6 Å². The molecule has 0 saturated carbocycles. The number of nitrogens with two attached hydrogens (primary N) is 1. The minimum atomic E-state index is 0.374. The molecule has 0 amide bonds. The van der Waals surface area contributed by atoms with Crippen molar-refractivity contribution in [2.45, 2.75) is 6.42 Å². The van der Waals surface area contributed by atoms with Crippen LogP contribution in [0.15, 0.2) is 24.3 Å². The van der Waals surface area contributed by atoms with E-state index in [-0.39, 0.29) is 0 Å². The van der Waals surface area contributed by atoms with Crippen LogP contribution >= 0.6 is 12.2 Å². The quantitative estimate of drug-likeness (QED) is 0.827. The Bertz CT molecular complexity index is 418. The molecule has 1 aliphatic rings. The lowest BCUT2D eigenvalue weighted by Crippen LogP contribution is -2.31. The summed E-state index contributed by atoms with van der Waals surface area (Å²) in [4.78, 5) is 2.73. The zero-order valence-corrected chi connectivity index (χ0v) is 11.8. The molecule has 1 heterocycles. The van der Waals surface area contributed by atoms with Crippen molar-refractivity contribution in [3.8, 4) is 5.75 Å². The summed E-state index contributed by atoms with van der Waals surface area (Å²) in [5.41, 5.74) is 6.48. The Morgan fingerprint density at radius 3 is 3.00 bits per heavy atom. The maximum absolute atomic E-state index is 5.79. The second kappa shape index (κ2) is 7.43. The maximum Gasteiger partial charge on any atom is 0.129 e. The van der Waals surface area contributed by atoms with E-state index in [2.05, 4.69) is 4.90 Å². The van der Waals surface area contributed by atoms with Crippen LogP contribution < -0.4 is 10.5 Å². The molecule has 0 bridgehead atoms. The van der Waals surface area contributed by atoms with E-state index in [0.717, 1.165) is 50.6 Å². The van der Waals surface area contributed by atoms with E-state index < -0.39 is 0 Å². The Morgan fingerprint density at radius 1 is 1.32 bits per heavy atom. The van der Waals surface area contributed by atoms with E-state index in [1.807, 2.05) is 24.3 Å². The van der Waals surface area contributed by atoms with Crippen LogP contribution in [0.1, 0.15) is 12.0 Å². The fraction of sp³-hybridized carbons (Fsp3) is 0.500. The van der Waals surface area contributed by atoms with E-state index in [1.165, 1.54) is 0 Å². The third kappa shape index (κ3) is 4.45. The zero-order valence-electron chi connectivity index (χ0n) is 11.0. The molecule has 0 radical (unpaired) electrons. The zero-order chi connectivity index (χ0) is 13.5. The first kappa shape index (κ1) is 14.2. The summed E-state index contributed by atoms with van der Waals surface area (Å²) in [6, 6.07) is 7.63. The summed E-state index contributed by atoms with van der Waals surface area (Å²) in [6.07, 6.45) is 1.09. The van der Waals surface area contributed by atoms with Crippen LogP contribution in [0.4, 0.5) is 0 Å². The highest BCUT2D eigenvalue weighted by molar-refractivity contribution is 7.80. The molecule has 0 spiro atoms. The van der Waals surface area contributed by atoms with E-state index >= 15 is 0 Å². The first-order chi connectivity index (χ1) is 9.27. The van der Waals surface area contributed by atoms with E-state index in [0.29, 0.717) is 11.6 Å². The van der Waals surface area contributed by atoms with Crippen LogP contribution in [0, 0.1) is 0 Å². The number of ether oxygens (including phenoxy) is 2. The Balaban J connectivity index is 1.83. The van der Waals surface area contributed by atoms with Crippen molar-refractivity contribution in [1.82, 2.24) is 4.90 Å². The number of hydrogen-bond acceptors (Lipinski definition) is 4. The molecule has 0 aliphatic carbocycles. The Kier molecular flexibility index (Phi) is 5.57. The average Bonchev–Trinajstić information content (AvgIpc) is 2.68. The van der Waals surface area contributed by atoms with Gasteiger partial charge in [0, 0.05) is 26.2 Å². The SMILES string of the molecule is NC(=S)c1ccccc1OCCN1CCCOCC1. The van der Waals surface area contributed by atoms with Gasteiger partial charge < -0.3 is 15.2 Å². The number of thiocarbonyl (C=S) groups is 1. The van der Waals surface area contributed by atoms with Gasteiger partial charge in [0.1, 0.15) is 17.3 Å². The van der Waals surface area contributed by atoms with E-state index in [9.17, 15) is 0 Å². The van der Waals surface area contributed by atoms with Crippen LogP contribution in [0.25, 0.3) is 0 Å². The summed E-state index contributed by atoms with van der Waals surface area (Å²) >= 11 is 5.01. The monoisotopic (exact) mass is 280 g/mol. The summed E-state index contributed by atoms with van der Waals surface area (Å²) in [6.45, 7) is 5.25. The van der Waals surface area contributed by atoms with Gasteiger partial charge in [-0.3, -0.25) is 4.90 Å². The van der Waals surface area contributed by atoms with Gasteiger partial charge in [0.25, 0.3) is 0 Å². The molecular weight excluding hydrogens is 260 g/mol. The lowest BCUT2D eigenvalue weighted by atomic mass is 10.2. The lowest BCUT2D eigenvalue weighted by Gasteiger charge is -2.19. The number of rotatable bonds is 5. The highest BCUT2D eigenvalue weighted by Gasteiger charge is 2.10. The molecule has 2 rings (SSSR count). The lowest BCUT2D eigenvalue weighted by molar-refractivity contribution is 0.137. The summed E-state index contributed by atoms with van der Waals surface area (Å²) in [5, 5.41) is 0. The molecule has 1 saturated heterocycles. The van der Waals surface area contributed by atoms with Crippen LogP contribution in [-0.2, 0) is 4.74 Å². The Hall–Kier alpha value is -1.17. The van der Waals surface area contributed by atoms with Gasteiger partial charge in [-0.1, -0.05) is 24.4 Å². The predicted molar refractivity (Wildman–Crippen MR) is 79.7 cm³/mol. The van der Waals surface area contributed by atoms with Crippen LogP contribution in [-0.4, -0.2) is 49.3 Å². The molecule has 0 aromatic heterocycles. The standard InChI is InChI=1S/C14H20N2O2S/c15-14(19)12-4-1-2-5-13(12)18-11-8-16-6-3-9-17-10-7-16/h1-2,4-5H,3,6-11H2,(H2,15,19). The topological polar surface area (TPSA) is 47.7 Å². The van der Waals surface area contributed by atoms with Crippen molar-refractivity contribution in [3.05, 3.63) is 29.8 Å². The highest BCUT2D eigenvalue weighted by Crippen LogP contribution is 2.17. The fourth-order valence-corrected chi connectivity index (χ4v) is 2.27. The second-order valence-electron chi connectivity index (χ2n) is 4.52.